The fourth-order valence-electron chi connectivity index (χ4n) is 0.719. The molecule has 0 fully saturated rings. The van der Waals surface area contributed by atoms with Crippen LogP contribution in [0.2, 0.25) is 0 Å². The second-order valence-corrected chi connectivity index (χ2v) is 2.19. The third-order valence-corrected chi connectivity index (χ3v) is 1.23. The first kappa shape index (κ1) is 9.27. The van der Waals surface area contributed by atoms with E-state index in [2.05, 4.69) is 21.6 Å². The van der Waals surface area contributed by atoms with Gasteiger partial charge in [0.1, 0.15) is 5.69 Å². The van der Waals surface area contributed by atoms with Crippen molar-refractivity contribution in [2.24, 2.45) is 0 Å². The lowest BCUT2D eigenvalue weighted by molar-refractivity contribution is -0.136. The summed E-state index contributed by atoms with van der Waals surface area (Å²) in [6, 6.07) is 5.32. The van der Waals surface area contributed by atoms with Crippen LogP contribution in [0.25, 0.3) is 0 Å². The summed E-state index contributed by atoms with van der Waals surface area (Å²) in [5, 5.41) is 0. The number of ether oxygens (including phenoxy) is 1. The van der Waals surface area contributed by atoms with Crippen molar-refractivity contribution in [1.82, 2.24) is 4.98 Å². The van der Waals surface area contributed by atoms with Gasteiger partial charge in [-0.15, -0.1) is 0 Å². The Morgan fingerprint density at radius 3 is 3.08 bits per heavy atom. The lowest BCUT2D eigenvalue weighted by atomic mass is 10.3. The molecule has 3 nitrogen and oxygen atoms in total. The third-order valence-electron chi connectivity index (χ3n) is 1.23. The second-order valence-electron chi connectivity index (χ2n) is 2.19. The molecule has 13 heavy (non-hydrogen) atoms. The summed E-state index contributed by atoms with van der Waals surface area (Å²) >= 11 is 0. The number of carbonyl (C=O) groups excluding carboxylic acids is 1. The van der Waals surface area contributed by atoms with E-state index in [1.165, 1.54) is 0 Å². The summed E-state index contributed by atoms with van der Waals surface area (Å²) in [6.07, 6.45) is 1.62. The van der Waals surface area contributed by atoms with E-state index in [-0.39, 0.29) is 0 Å². The number of hydrogen-bond donors (Lipinski definition) is 0. The van der Waals surface area contributed by atoms with Gasteiger partial charge in [-0.3, -0.25) is 0 Å². The zero-order valence-electron chi connectivity index (χ0n) is 7.28. The van der Waals surface area contributed by atoms with Gasteiger partial charge in [-0.05, 0) is 25.0 Å². The van der Waals surface area contributed by atoms with Crippen LogP contribution >= 0.6 is 0 Å². The molecule has 0 aliphatic rings. The summed E-state index contributed by atoms with van der Waals surface area (Å²) in [5.41, 5.74) is 0.565. The summed E-state index contributed by atoms with van der Waals surface area (Å²) in [6.45, 7) is 2.08. The second kappa shape index (κ2) is 4.94. The van der Waals surface area contributed by atoms with Gasteiger partial charge in [0.2, 0.25) is 0 Å². The lowest BCUT2D eigenvalue weighted by Gasteiger charge is -1.90. The average molecular weight is 175 g/mol. The number of carbonyl (C=O) groups is 1. The van der Waals surface area contributed by atoms with Crippen LogP contribution in [0, 0.1) is 11.8 Å². The van der Waals surface area contributed by atoms with Gasteiger partial charge in [0, 0.05) is 12.1 Å². The third kappa shape index (κ3) is 3.39. The molecule has 0 aromatic carbocycles. The Morgan fingerprint density at radius 2 is 2.46 bits per heavy atom. The van der Waals surface area contributed by atoms with Crippen LogP contribution in [0.4, 0.5) is 0 Å². The van der Waals surface area contributed by atoms with Crippen molar-refractivity contribution in [3.05, 3.63) is 30.1 Å². The van der Waals surface area contributed by atoms with E-state index < -0.39 is 5.97 Å². The molecule has 0 saturated heterocycles. The number of nitrogens with zero attached hydrogens (tertiary/aromatic N) is 1. The van der Waals surface area contributed by atoms with Crippen LogP contribution in [0.15, 0.2) is 24.4 Å². The number of hydrogen-bond acceptors (Lipinski definition) is 3. The molecule has 1 aromatic rings. The van der Waals surface area contributed by atoms with Gasteiger partial charge in [0.05, 0.1) is 6.61 Å². The minimum Gasteiger partial charge on any atom is -0.456 e. The first-order valence-electron chi connectivity index (χ1n) is 3.92. The topological polar surface area (TPSA) is 39.2 Å². The molecule has 3 heteroatoms. The van der Waals surface area contributed by atoms with Crippen molar-refractivity contribution in [1.29, 1.82) is 0 Å². The number of esters is 1. The molecule has 0 saturated carbocycles. The molecular weight excluding hydrogens is 166 g/mol. The Kier molecular flexibility index (Phi) is 3.52. The highest BCUT2D eigenvalue weighted by Crippen LogP contribution is 1.89. The van der Waals surface area contributed by atoms with Gasteiger partial charge in [-0.2, -0.15) is 0 Å². The number of rotatable bonds is 1. The number of pyridine rings is 1. The van der Waals surface area contributed by atoms with E-state index in [0.29, 0.717) is 12.3 Å². The van der Waals surface area contributed by atoms with E-state index in [0.717, 1.165) is 0 Å². The fourth-order valence-corrected chi connectivity index (χ4v) is 0.719. The molecule has 0 N–H and O–H groups in total. The molecule has 1 rings (SSSR count). The maximum atomic E-state index is 10.8. The monoisotopic (exact) mass is 175 g/mol. The minimum absolute atomic E-state index is 0.343. The van der Waals surface area contributed by atoms with E-state index in [1.807, 2.05) is 6.07 Å². The highest BCUT2D eigenvalue weighted by Gasteiger charge is 1.92. The summed E-state index contributed by atoms with van der Waals surface area (Å²) in [7, 11) is 0. The molecule has 1 heterocycles. The molecule has 0 amide bonds. The SMILES string of the molecule is CCOC(=O)C#Cc1ccccn1. The van der Waals surface area contributed by atoms with Gasteiger partial charge < -0.3 is 4.74 Å². The van der Waals surface area contributed by atoms with Crippen molar-refractivity contribution in [3.8, 4) is 11.8 Å². The molecule has 0 bridgehead atoms. The molecule has 0 unspecified atom stereocenters. The fraction of sp³-hybridized carbons (Fsp3) is 0.200. The maximum Gasteiger partial charge on any atom is 0.384 e. The summed E-state index contributed by atoms with van der Waals surface area (Å²) < 4.78 is 4.62. The van der Waals surface area contributed by atoms with Crippen LogP contribution in [0.1, 0.15) is 12.6 Å². The normalized spacial score (nSPS) is 8.38. The van der Waals surface area contributed by atoms with E-state index in [9.17, 15) is 4.79 Å². The Bertz CT molecular complexity index is 335. The van der Waals surface area contributed by atoms with E-state index in [1.54, 1.807) is 25.3 Å². The molecule has 1 aromatic heterocycles. The van der Waals surface area contributed by atoms with E-state index in [4.69, 9.17) is 0 Å². The highest BCUT2D eigenvalue weighted by atomic mass is 16.5. The molecule has 0 atom stereocenters. The molecule has 66 valence electrons. The first-order valence-corrected chi connectivity index (χ1v) is 3.92. The van der Waals surface area contributed by atoms with Crippen LogP contribution in [-0.2, 0) is 9.53 Å². The Morgan fingerprint density at radius 1 is 1.62 bits per heavy atom. The Balaban J connectivity index is 2.62. The predicted octanol–water partition coefficient (Wildman–Crippen LogP) is 0.996. The Hall–Kier alpha value is -1.82. The standard InChI is InChI=1S/C10H9NO2/c1-2-13-10(12)7-6-9-5-3-4-8-11-9/h3-5,8H,2H2,1H3. The van der Waals surface area contributed by atoms with E-state index >= 15 is 0 Å². The van der Waals surface area contributed by atoms with Gasteiger partial charge >= 0.3 is 5.97 Å². The molecular formula is C10H9NO2. The van der Waals surface area contributed by atoms with Crippen LogP contribution in [0.3, 0.4) is 0 Å². The first-order chi connectivity index (χ1) is 6.33. The van der Waals surface area contributed by atoms with Crippen molar-refractivity contribution in [2.75, 3.05) is 6.61 Å². The van der Waals surface area contributed by atoms with Crippen molar-refractivity contribution in [2.45, 2.75) is 6.92 Å². The zero-order chi connectivity index (χ0) is 9.52. The average Bonchev–Trinajstić information content (AvgIpc) is 2.17. The largest absolute Gasteiger partial charge is 0.456 e. The quantitative estimate of drug-likeness (QED) is 0.472. The van der Waals surface area contributed by atoms with Gasteiger partial charge in [0.15, 0.2) is 0 Å². The highest BCUT2D eigenvalue weighted by molar-refractivity contribution is 5.88. The van der Waals surface area contributed by atoms with Crippen molar-refractivity contribution in [3.63, 3.8) is 0 Å². The van der Waals surface area contributed by atoms with Gasteiger partial charge in [0.25, 0.3) is 0 Å². The van der Waals surface area contributed by atoms with Gasteiger partial charge in [-0.1, -0.05) is 6.07 Å². The molecule has 0 radical (unpaired) electrons. The van der Waals surface area contributed by atoms with Gasteiger partial charge in [-0.25, -0.2) is 9.78 Å². The van der Waals surface area contributed by atoms with Crippen LogP contribution < -0.4 is 0 Å². The molecule has 0 spiro atoms. The van der Waals surface area contributed by atoms with Crippen molar-refractivity contribution >= 4 is 5.97 Å². The Labute approximate surface area is 76.8 Å². The summed E-state index contributed by atoms with van der Waals surface area (Å²) in [4.78, 5) is 14.7. The smallest absolute Gasteiger partial charge is 0.384 e. The molecule has 0 aliphatic heterocycles. The van der Waals surface area contributed by atoms with Crippen LogP contribution in [0.5, 0.6) is 0 Å². The lowest BCUT2D eigenvalue weighted by Crippen LogP contribution is -1.99. The van der Waals surface area contributed by atoms with Crippen molar-refractivity contribution < 1.29 is 9.53 Å². The minimum atomic E-state index is -0.520. The maximum absolute atomic E-state index is 10.8. The number of aromatic nitrogens is 1. The zero-order valence-corrected chi connectivity index (χ0v) is 7.28. The van der Waals surface area contributed by atoms with Crippen LogP contribution in [-0.4, -0.2) is 17.6 Å². The summed E-state index contributed by atoms with van der Waals surface area (Å²) in [5.74, 6) is 4.40. The predicted molar refractivity (Wildman–Crippen MR) is 47.7 cm³/mol. The molecule has 0 aliphatic carbocycles.